The Bertz CT molecular complexity index is 545. The van der Waals surface area contributed by atoms with Gasteiger partial charge in [-0.2, -0.15) is 0 Å². The molecule has 1 aliphatic heterocycles. The molecule has 3 amide bonds. The van der Waals surface area contributed by atoms with Crippen LogP contribution in [0.1, 0.15) is 12.0 Å². The van der Waals surface area contributed by atoms with Crippen LogP contribution < -0.4 is 10.6 Å². The number of benzene rings is 1. The summed E-state index contributed by atoms with van der Waals surface area (Å²) < 4.78 is 5.05. The van der Waals surface area contributed by atoms with Crippen LogP contribution in [0, 0.1) is 0 Å². The summed E-state index contributed by atoms with van der Waals surface area (Å²) in [6.07, 6.45) is 4.52. The number of carbonyl (C=O) groups excluding carboxylic acids is 2. The smallest absolute Gasteiger partial charge is 0.318 e. The molecule has 0 bridgehead atoms. The van der Waals surface area contributed by atoms with Crippen molar-refractivity contribution in [2.75, 3.05) is 33.4 Å². The summed E-state index contributed by atoms with van der Waals surface area (Å²) in [7, 11) is 1.60. The van der Waals surface area contributed by atoms with Gasteiger partial charge in [0, 0.05) is 26.7 Å². The number of nitrogens with zero attached hydrogens (tertiary/aromatic N) is 1. The van der Waals surface area contributed by atoms with Crippen LogP contribution >= 0.6 is 0 Å². The molecule has 1 heterocycles. The maximum atomic E-state index is 12.3. The first-order chi connectivity index (χ1) is 11.2. The van der Waals surface area contributed by atoms with Gasteiger partial charge in [-0.3, -0.25) is 4.79 Å². The number of nitrogens with one attached hydrogen (secondary N) is 2. The third-order valence-corrected chi connectivity index (χ3v) is 3.63. The molecule has 6 heteroatoms. The molecular weight excluding hydrogens is 294 g/mol. The maximum Gasteiger partial charge on any atom is 0.318 e. The number of hydrogen-bond donors (Lipinski definition) is 2. The number of carbonyl (C=O) groups is 2. The van der Waals surface area contributed by atoms with Crippen LogP contribution in [0.4, 0.5) is 4.79 Å². The highest BCUT2D eigenvalue weighted by Gasteiger charge is 2.27. The van der Waals surface area contributed by atoms with Crippen molar-refractivity contribution in [2.45, 2.75) is 12.5 Å². The summed E-state index contributed by atoms with van der Waals surface area (Å²) in [5.41, 5.74) is 1.08. The second-order valence-electron chi connectivity index (χ2n) is 5.33. The van der Waals surface area contributed by atoms with Crippen LogP contribution in [0.2, 0.25) is 0 Å². The van der Waals surface area contributed by atoms with Gasteiger partial charge in [-0.25, -0.2) is 4.79 Å². The molecule has 0 aromatic heterocycles. The summed E-state index contributed by atoms with van der Waals surface area (Å²) in [5.74, 6) is -0.120. The first kappa shape index (κ1) is 17.0. The molecule has 2 N–H and O–H groups in total. The molecule has 1 aromatic rings. The highest BCUT2D eigenvalue weighted by molar-refractivity contribution is 5.88. The Morgan fingerprint density at radius 2 is 2.22 bits per heavy atom. The van der Waals surface area contributed by atoms with E-state index in [0.29, 0.717) is 32.7 Å². The van der Waals surface area contributed by atoms with Crippen LogP contribution in [0.25, 0.3) is 6.08 Å². The van der Waals surface area contributed by atoms with E-state index in [-0.39, 0.29) is 11.9 Å². The zero-order valence-corrected chi connectivity index (χ0v) is 13.3. The molecule has 0 spiro atoms. The molecular formula is C17H23N3O3. The van der Waals surface area contributed by atoms with Crippen LogP contribution in [0.15, 0.2) is 36.4 Å². The molecule has 0 unspecified atom stereocenters. The topological polar surface area (TPSA) is 70.7 Å². The van der Waals surface area contributed by atoms with E-state index in [2.05, 4.69) is 10.6 Å². The van der Waals surface area contributed by atoms with Gasteiger partial charge >= 0.3 is 6.03 Å². The van der Waals surface area contributed by atoms with Crippen molar-refractivity contribution < 1.29 is 14.3 Å². The summed E-state index contributed by atoms with van der Waals surface area (Å²) in [6.45, 7) is 1.98. The van der Waals surface area contributed by atoms with E-state index in [4.69, 9.17) is 4.74 Å². The number of methoxy groups -OCH3 is 1. The van der Waals surface area contributed by atoms with Gasteiger partial charge in [0.05, 0.1) is 6.61 Å². The monoisotopic (exact) mass is 317 g/mol. The Kier molecular flexibility index (Phi) is 6.62. The number of rotatable bonds is 7. The van der Waals surface area contributed by atoms with Crippen molar-refractivity contribution in [2.24, 2.45) is 0 Å². The molecule has 1 aliphatic rings. The third-order valence-electron chi connectivity index (χ3n) is 3.63. The summed E-state index contributed by atoms with van der Waals surface area (Å²) in [4.78, 5) is 25.5. The van der Waals surface area contributed by atoms with Gasteiger partial charge < -0.3 is 20.3 Å². The minimum absolute atomic E-state index is 0.120. The lowest BCUT2D eigenvalue weighted by Gasteiger charge is -2.23. The lowest BCUT2D eigenvalue weighted by Crippen LogP contribution is -2.48. The number of urea groups is 1. The van der Waals surface area contributed by atoms with Crippen molar-refractivity contribution in [1.82, 2.24) is 15.5 Å². The number of ether oxygens (including phenoxy) is 1. The summed E-state index contributed by atoms with van der Waals surface area (Å²) in [6, 6.07) is 9.20. The van der Waals surface area contributed by atoms with Gasteiger partial charge in [0.25, 0.3) is 0 Å². The van der Waals surface area contributed by atoms with Crippen molar-refractivity contribution in [1.29, 1.82) is 0 Å². The Labute approximate surface area is 136 Å². The minimum atomic E-state index is -0.439. The molecule has 0 radical (unpaired) electrons. The highest BCUT2D eigenvalue weighted by atomic mass is 16.5. The minimum Gasteiger partial charge on any atom is -0.383 e. The van der Waals surface area contributed by atoms with Crippen molar-refractivity contribution in [3.63, 3.8) is 0 Å². The normalized spacial score (nSPS) is 17.3. The second kappa shape index (κ2) is 8.95. The number of amides is 3. The van der Waals surface area contributed by atoms with Crippen molar-refractivity contribution in [3.05, 3.63) is 42.0 Å². The lowest BCUT2D eigenvalue weighted by molar-refractivity contribution is -0.120. The lowest BCUT2D eigenvalue weighted by atomic mass is 10.2. The van der Waals surface area contributed by atoms with E-state index in [1.54, 1.807) is 12.0 Å². The molecule has 2 rings (SSSR count). The maximum absolute atomic E-state index is 12.3. The molecule has 1 aromatic carbocycles. The number of hydrogen-bond acceptors (Lipinski definition) is 3. The fourth-order valence-electron chi connectivity index (χ4n) is 2.33. The fraction of sp³-hybridized carbons (Fsp3) is 0.412. The van der Waals surface area contributed by atoms with E-state index in [0.717, 1.165) is 5.56 Å². The quantitative estimate of drug-likeness (QED) is 0.795. The molecule has 0 saturated carbocycles. The second-order valence-corrected chi connectivity index (χ2v) is 5.33. The Hall–Kier alpha value is -2.34. The fourth-order valence-corrected chi connectivity index (χ4v) is 2.33. The van der Waals surface area contributed by atoms with E-state index >= 15 is 0 Å². The zero-order valence-electron chi connectivity index (χ0n) is 13.3. The molecule has 23 heavy (non-hydrogen) atoms. The van der Waals surface area contributed by atoms with E-state index in [1.165, 1.54) is 0 Å². The molecule has 0 aliphatic carbocycles. The Morgan fingerprint density at radius 3 is 2.87 bits per heavy atom. The summed E-state index contributed by atoms with van der Waals surface area (Å²) >= 11 is 0. The molecule has 1 saturated heterocycles. The van der Waals surface area contributed by atoms with Gasteiger partial charge in [-0.15, -0.1) is 0 Å². The Morgan fingerprint density at radius 1 is 1.43 bits per heavy atom. The van der Waals surface area contributed by atoms with Gasteiger partial charge in [0.15, 0.2) is 0 Å². The van der Waals surface area contributed by atoms with Crippen molar-refractivity contribution >= 4 is 18.0 Å². The average molecular weight is 317 g/mol. The molecule has 1 fully saturated rings. The largest absolute Gasteiger partial charge is 0.383 e. The van der Waals surface area contributed by atoms with Crippen LogP contribution in [-0.4, -0.2) is 56.2 Å². The van der Waals surface area contributed by atoms with E-state index < -0.39 is 6.04 Å². The molecule has 6 nitrogen and oxygen atoms in total. The van der Waals surface area contributed by atoms with Crippen LogP contribution in [0.3, 0.4) is 0 Å². The van der Waals surface area contributed by atoms with Crippen LogP contribution in [0.5, 0.6) is 0 Å². The van der Waals surface area contributed by atoms with Gasteiger partial charge in [0.1, 0.15) is 6.04 Å². The first-order valence-corrected chi connectivity index (χ1v) is 7.74. The van der Waals surface area contributed by atoms with Crippen molar-refractivity contribution in [3.8, 4) is 0 Å². The standard InChI is InChI=1S/C17H23N3O3/c1-23-13-12-20(11-5-8-14-6-3-2-4-7-14)17(22)19-15-9-10-18-16(15)21/h2-8,15H,9-13H2,1H3,(H,18,21)(H,19,22)/b8-5+/t15-/m1/s1. The molecule has 1 atom stereocenters. The first-order valence-electron chi connectivity index (χ1n) is 7.74. The predicted molar refractivity (Wildman–Crippen MR) is 88.9 cm³/mol. The Balaban J connectivity index is 1.91. The SMILES string of the molecule is COCCN(C/C=C/c1ccccc1)C(=O)N[C@@H]1CCNC1=O. The highest BCUT2D eigenvalue weighted by Crippen LogP contribution is 2.04. The zero-order chi connectivity index (χ0) is 16.5. The predicted octanol–water partition coefficient (Wildman–Crippen LogP) is 1.25. The van der Waals surface area contributed by atoms with Gasteiger partial charge in [0.2, 0.25) is 5.91 Å². The average Bonchev–Trinajstić information content (AvgIpc) is 2.96. The third kappa shape index (κ3) is 5.41. The summed E-state index contributed by atoms with van der Waals surface area (Å²) in [5, 5.41) is 5.48. The van der Waals surface area contributed by atoms with E-state index in [1.807, 2.05) is 42.5 Å². The van der Waals surface area contributed by atoms with Gasteiger partial charge in [-0.05, 0) is 12.0 Å². The van der Waals surface area contributed by atoms with Crippen LogP contribution in [-0.2, 0) is 9.53 Å². The van der Waals surface area contributed by atoms with E-state index in [9.17, 15) is 9.59 Å². The van der Waals surface area contributed by atoms with Gasteiger partial charge in [-0.1, -0.05) is 42.5 Å². The molecule has 124 valence electrons.